The lowest BCUT2D eigenvalue weighted by atomic mass is 9.93. The van der Waals surface area contributed by atoms with Crippen LogP contribution >= 0.6 is 0 Å². The summed E-state index contributed by atoms with van der Waals surface area (Å²) >= 11 is 0. The molecule has 1 saturated carbocycles. The fraction of sp³-hybridized carbons (Fsp3) is 1.00. The van der Waals surface area contributed by atoms with E-state index in [4.69, 9.17) is 4.74 Å². The average molecular weight is 448 g/mol. The van der Waals surface area contributed by atoms with E-state index in [2.05, 4.69) is 30.5 Å². The highest BCUT2D eigenvalue weighted by Crippen LogP contribution is 2.26. The first-order chi connectivity index (χ1) is 14.4. The molecule has 0 amide bonds. The third-order valence-electron chi connectivity index (χ3n) is 6.28. The summed E-state index contributed by atoms with van der Waals surface area (Å²) in [7, 11) is 0.591. The molecule has 0 radical (unpaired) electrons. The molecule has 30 heavy (non-hydrogen) atoms. The van der Waals surface area contributed by atoms with E-state index in [-0.39, 0.29) is 6.04 Å². The number of nitrogens with zero attached hydrogens (tertiary/aromatic N) is 2. The van der Waals surface area contributed by atoms with Crippen molar-refractivity contribution in [1.29, 1.82) is 0 Å². The first kappa shape index (κ1) is 27.8. The molecule has 0 heterocycles. The lowest BCUT2D eigenvalue weighted by Crippen LogP contribution is -2.46. The van der Waals surface area contributed by atoms with E-state index in [0.717, 1.165) is 51.6 Å². The molecule has 7 heteroatoms. The van der Waals surface area contributed by atoms with Crippen molar-refractivity contribution in [3.63, 3.8) is 0 Å². The van der Waals surface area contributed by atoms with Crippen LogP contribution in [0.15, 0.2) is 0 Å². The summed E-state index contributed by atoms with van der Waals surface area (Å²) in [5, 5.41) is 0. The Bertz CT molecular complexity index is 508. The Morgan fingerprint density at radius 2 is 1.43 bits per heavy atom. The molecule has 1 aliphatic rings. The van der Waals surface area contributed by atoms with Gasteiger partial charge in [-0.3, -0.25) is 0 Å². The second-order valence-corrected chi connectivity index (χ2v) is 10.8. The van der Waals surface area contributed by atoms with E-state index in [1.807, 2.05) is 0 Å². The molecule has 0 aromatic rings. The van der Waals surface area contributed by atoms with Crippen molar-refractivity contribution in [2.45, 2.75) is 109 Å². The fourth-order valence-electron chi connectivity index (χ4n) is 4.08. The second-order valence-electron chi connectivity index (χ2n) is 9.00. The largest absolute Gasteiger partial charge is 0.378 e. The summed E-state index contributed by atoms with van der Waals surface area (Å²) in [6.07, 6.45) is 14.8. The first-order valence-corrected chi connectivity index (χ1v) is 13.9. The summed E-state index contributed by atoms with van der Waals surface area (Å²) in [5.41, 5.74) is 0. The van der Waals surface area contributed by atoms with Crippen LogP contribution in [-0.2, 0) is 14.9 Å². The minimum atomic E-state index is -3.35. The molecule has 0 unspecified atom stereocenters. The lowest BCUT2D eigenvalue weighted by Gasteiger charge is -2.34. The highest BCUT2D eigenvalue weighted by atomic mass is 32.2. The number of hydrogen-bond acceptors (Lipinski definition) is 4. The van der Waals surface area contributed by atoms with Crippen molar-refractivity contribution in [1.82, 2.24) is 13.9 Å². The van der Waals surface area contributed by atoms with Crippen LogP contribution in [0.1, 0.15) is 97.3 Å². The molecule has 0 aliphatic heterocycles. The Morgan fingerprint density at radius 3 is 2.07 bits per heavy atom. The Hall–Kier alpha value is -0.210. The van der Waals surface area contributed by atoms with E-state index >= 15 is 0 Å². The molecule has 180 valence electrons. The highest BCUT2D eigenvalue weighted by Gasteiger charge is 2.30. The highest BCUT2D eigenvalue weighted by molar-refractivity contribution is 7.87. The SMILES string of the molecule is CCCCCN(C)CCCCCCO[C@H]1CC[C@H](N(C)S(=O)(=O)NCCCC)CC1. The van der Waals surface area contributed by atoms with Crippen molar-refractivity contribution < 1.29 is 13.2 Å². The van der Waals surface area contributed by atoms with E-state index in [9.17, 15) is 8.42 Å². The summed E-state index contributed by atoms with van der Waals surface area (Å²) in [6, 6.07) is 0.0956. The predicted octanol–water partition coefficient (Wildman–Crippen LogP) is 4.56. The normalized spacial score (nSPS) is 20.3. The third kappa shape index (κ3) is 12.0. The van der Waals surface area contributed by atoms with Gasteiger partial charge in [-0.2, -0.15) is 12.7 Å². The standard InChI is InChI=1S/C23H49N3O3S/c1-5-7-11-19-25(3)20-12-9-10-13-21-29-23-16-14-22(15-17-23)26(4)30(27,28)24-18-8-6-2/h22-24H,5-21H2,1-4H3/t22-,23-. The van der Waals surface area contributed by atoms with Gasteiger partial charge in [-0.25, -0.2) is 4.72 Å². The minimum absolute atomic E-state index is 0.0956. The van der Waals surface area contributed by atoms with Gasteiger partial charge in [-0.05, 0) is 71.5 Å². The molecule has 6 nitrogen and oxygen atoms in total. The molecular weight excluding hydrogens is 398 g/mol. The summed E-state index contributed by atoms with van der Waals surface area (Å²) in [6.45, 7) is 8.12. The first-order valence-electron chi connectivity index (χ1n) is 12.4. The summed E-state index contributed by atoms with van der Waals surface area (Å²) < 4.78 is 35.1. The third-order valence-corrected chi connectivity index (χ3v) is 7.91. The van der Waals surface area contributed by atoms with Gasteiger partial charge in [-0.15, -0.1) is 0 Å². The van der Waals surface area contributed by atoms with Gasteiger partial charge in [0.2, 0.25) is 0 Å². The Balaban J connectivity index is 2.07. The molecule has 0 saturated heterocycles. The molecule has 0 aromatic carbocycles. The molecule has 0 spiro atoms. The van der Waals surface area contributed by atoms with Crippen LogP contribution in [0.2, 0.25) is 0 Å². The number of hydrogen-bond donors (Lipinski definition) is 1. The Kier molecular flexibility index (Phi) is 15.2. The molecule has 0 bridgehead atoms. The fourth-order valence-corrected chi connectivity index (χ4v) is 5.29. The van der Waals surface area contributed by atoms with Crippen LogP contribution < -0.4 is 4.72 Å². The number of rotatable bonds is 18. The lowest BCUT2D eigenvalue weighted by molar-refractivity contribution is 0.0155. The molecular formula is C23H49N3O3S. The summed E-state index contributed by atoms with van der Waals surface area (Å²) in [5.74, 6) is 0. The van der Waals surface area contributed by atoms with Crippen molar-refractivity contribution in [2.24, 2.45) is 0 Å². The van der Waals surface area contributed by atoms with Crippen LogP contribution in [0.3, 0.4) is 0 Å². The predicted molar refractivity (Wildman–Crippen MR) is 127 cm³/mol. The molecule has 0 aromatic heterocycles. The van der Waals surface area contributed by atoms with Crippen molar-refractivity contribution >= 4 is 10.2 Å². The van der Waals surface area contributed by atoms with Crippen LogP contribution in [0, 0.1) is 0 Å². The van der Waals surface area contributed by atoms with Gasteiger partial charge in [0, 0.05) is 26.2 Å². The maximum absolute atomic E-state index is 12.4. The molecule has 1 aliphatic carbocycles. The topological polar surface area (TPSA) is 61.9 Å². The zero-order valence-corrected chi connectivity index (χ0v) is 21.0. The average Bonchev–Trinajstić information content (AvgIpc) is 2.73. The van der Waals surface area contributed by atoms with Crippen molar-refractivity contribution in [2.75, 3.05) is 40.3 Å². The smallest absolute Gasteiger partial charge is 0.279 e. The van der Waals surface area contributed by atoms with E-state index in [1.165, 1.54) is 55.9 Å². The van der Waals surface area contributed by atoms with E-state index in [1.54, 1.807) is 7.05 Å². The molecule has 1 rings (SSSR count). The molecule has 0 atom stereocenters. The Morgan fingerprint density at radius 1 is 0.833 bits per heavy atom. The van der Waals surface area contributed by atoms with Gasteiger partial charge in [0.25, 0.3) is 10.2 Å². The molecule has 1 N–H and O–H groups in total. The summed E-state index contributed by atoms with van der Waals surface area (Å²) in [4.78, 5) is 2.46. The maximum Gasteiger partial charge on any atom is 0.279 e. The quantitative estimate of drug-likeness (QED) is 0.313. The van der Waals surface area contributed by atoms with Crippen molar-refractivity contribution in [3.05, 3.63) is 0 Å². The van der Waals surface area contributed by atoms with Gasteiger partial charge in [0.05, 0.1) is 6.10 Å². The number of nitrogens with one attached hydrogen (secondary N) is 1. The van der Waals surface area contributed by atoms with Crippen LogP contribution in [0.4, 0.5) is 0 Å². The van der Waals surface area contributed by atoms with Crippen LogP contribution in [0.25, 0.3) is 0 Å². The van der Waals surface area contributed by atoms with Gasteiger partial charge in [0.1, 0.15) is 0 Å². The number of unbranched alkanes of at least 4 members (excludes halogenated alkanes) is 6. The number of ether oxygens (including phenoxy) is 1. The minimum Gasteiger partial charge on any atom is -0.378 e. The van der Waals surface area contributed by atoms with Crippen molar-refractivity contribution in [3.8, 4) is 0 Å². The zero-order valence-electron chi connectivity index (χ0n) is 20.2. The van der Waals surface area contributed by atoms with Gasteiger partial charge >= 0.3 is 0 Å². The van der Waals surface area contributed by atoms with Gasteiger partial charge in [-0.1, -0.05) is 46.0 Å². The maximum atomic E-state index is 12.4. The van der Waals surface area contributed by atoms with E-state index in [0.29, 0.717) is 12.6 Å². The van der Waals surface area contributed by atoms with Gasteiger partial charge < -0.3 is 9.64 Å². The van der Waals surface area contributed by atoms with Crippen LogP contribution in [-0.4, -0.2) is 70.1 Å². The molecule has 1 fully saturated rings. The monoisotopic (exact) mass is 447 g/mol. The van der Waals surface area contributed by atoms with E-state index < -0.39 is 10.2 Å². The Labute approximate surface area is 187 Å². The van der Waals surface area contributed by atoms with Crippen LogP contribution in [0.5, 0.6) is 0 Å². The van der Waals surface area contributed by atoms with Gasteiger partial charge in [0.15, 0.2) is 0 Å². The zero-order chi connectivity index (χ0) is 22.2. The second kappa shape index (κ2) is 16.4.